The molecule has 0 N–H and O–H groups in total. The lowest BCUT2D eigenvalue weighted by atomic mass is 9.98. The van der Waals surface area contributed by atoms with Crippen LogP contribution in [0.4, 0.5) is 0 Å². The molecule has 1 saturated heterocycles. The van der Waals surface area contributed by atoms with Gasteiger partial charge in [0.25, 0.3) is 5.91 Å². The van der Waals surface area contributed by atoms with Gasteiger partial charge in [-0.3, -0.25) is 4.79 Å². The first-order chi connectivity index (χ1) is 11.9. The number of hydrogen-bond donors (Lipinski definition) is 0. The first kappa shape index (κ1) is 16.6. The summed E-state index contributed by atoms with van der Waals surface area (Å²) in [6.07, 6.45) is 6.74. The summed E-state index contributed by atoms with van der Waals surface area (Å²) in [6.45, 7) is 10.1. The van der Waals surface area contributed by atoms with Gasteiger partial charge in [0.1, 0.15) is 11.3 Å². The molecule has 2 aliphatic heterocycles. The van der Waals surface area contributed by atoms with Crippen LogP contribution in [0.15, 0.2) is 17.7 Å². The third-order valence-electron chi connectivity index (χ3n) is 6.07. The van der Waals surface area contributed by atoms with E-state index >= 15 is 0 Å². The third-order valence-corrected chi connectivity index (χ3v) is 6.07. The summed E-state index contributed by atoms with van der Waals surface area (Å²) in [4.78, 5) is 24.6. The molecule has 2 fully saturated rings. The minimum Gasteiger partial charge on any atom is -0.389 e. The predicted octanol–water partition coefficient (Wildman–Crippen LogP) is 3.12. The van der Waals surface area contributed by atoms with Gasteiger partial charge >= 0.3 is 0 Å². The van der Waals surface area contributed by atoms with Crippen molar-refractivity contribution in [2.24, 2.45) is 22.9 Å². The second-order valence-corrected chi connectivity index (χ2v) is 8.35. The standard InChI is InChI=1S/C19H28N4O2/c1-5-12(6-2)23-10-16(20-11-23)18(24)22-8-13-14(9-22)17(13)15-7-19(3,4)25-21-15/h10-14,17H,5-9H2,1-4H3. The van der Waals surface area contributed by atoms with E-state index in [2.05, 4.69) is 42.4 Å². The first-order valence-corrected chi connectivity index (χ1v) is 9.51. The summed E-state index contributed by atoms with van der Waals surface area (Å²) in [5, 5.41) is 4.30. The number of rotatable bonds is 5. The van der Waals surface area contributed by atoms with Gasteiger partial charge in [0, 0.05) is 37.7 Å². The largest absolute Gasteiger partial charge is 0.389 e. The molecule has 3 heterocycles. The van der Waals surface area contributed by atoms with E-state index in [1.807, 2.05) is 11.1 Å². The zero-order valence-corrected chi connectivity index (χ0v) is 15.6. The Morgan fingerprint density at radius 3 is 2.56 bits per heavy atom. The minimum atomic E-state index is -0.163. The number of likely N-dealkylation sites (tertiary alicyclic amines) is 1. The van der Waals surface area contributed by atoms with E-state index in [1.165, 1.54) is 5.71 Å². The summed E-state index contributed by atoms with van der Waals surface area (Å²) in [7, 11) is 0. The number of carbonyl (C=O) groups excluding carboxylic acids is 1. The molecule has 3 aliphatic rings. The van der Waals surface area contributed by atoms with Gasteiger partial charge in [-0.05, 0) is 38.5 Å². The van der Waals surface area contributed by atoms with Crippen LogP contribution in [0.2, 0.25) is 0 Å². The summed E-state index contributed by atoms with van der Waals surface area (Å²) in [5.41, 5.74) is 1.61. The maximum Gasteiger partial charge on any atom is 0.274 e. The number of hydrogen-bond acceptors (Lipinski definition) is 4. The van der Waals surface area contributed by atoms with Crippen molar-refractivity contribution in [3.63, 3.8) is 0 Å². The molecule has 2 unspecified atom stereocenters. The highest BCUT2D eigenvalue weighted by Gasteiger charge is 2.60. The Kier molecular flexibility index (Phi) is 3.89. The Hall–Kier alpha value is -1.85. The molecular formula is C19H28N4O2. The van der Waals surface area contributed by atoms with Crippen molar-refractivity contribution in [2.45, 2.75) is 58.6 Å². The monoisotopic (exact) mass is 344 g/mol. The fourth-order valence-corrected chi connectivity index (χ4v) is 4.57. The Labute approximate surface area is 149 Å². The number of amides is 1. The van der Waals surface area contributed by atoms with E-state index in [0.717, 1.165) is 32.4 Å². The maximum atomic E-state index is 12.8. The Morgan fingerprint density at radius 1 is 1.32 bits per heavy atom. The van der Waals surface area contributed by atoms with Crippen LogP contribution in [-0.4, -0.2) is 44.8 Å². The zero-order chi connectivity index (χ0) is 17.8. The molecule has 136 valence electrons. The van der Waals surface area contributed by atoms with Crippen LogP contribution < -0.4 is 0 Å². The summed E-state index contributed by atoms with van der Waals surface area (Å²) >= 11 is 0. The van der Waals surface area contributed by atoms with Gasteiger partial charge in [0.2, 0.25) is 0 Å². The summed E-state index contributed by atoms with van der Waals surface area (Å²) < 4.78 is 2.08. The molecule has 0 radical (unpaired) electrons. The predicted molar refractivity (Wildman–Crippen MR) is 95.4 cm³/mol. The molecule has 4 rings (SSSR count). The lowest BCUT2D eigenvalue weighted by Gasteiger charge is -2.19. The molecule has 6 nitrogen and oxygen atoms in total. The van der Waals surface area contributed by atoms with E-state index in [0.29, 0.717) is 29.5 Å². The topological polar surface area (TPSA) is 59.7 Å². The van der Waals surface area contributed by atoms with Gasteiger partial charge < -0.3 is 14.3 Å². The fraction of sp³-hybridized carbons (Fsp3) is 0.737. The summed E-state index contributed by atoms with van der Waals surface area (Å²) in [6, 6.07) is 0.425. The lowest BCUT2D eigenvalue weighted by molar-refractivity contribution is 0.0123. The van der Waals surface area contributed by atoms with Crippen LogP contribution in [0.5, 0.6) is 0 Å². The number of imidazole rings is 1. The molecule has 0 aromatic carbocycles. The van der Waals surface area contributed by atoms with Gasteiger partial charge in [-0.25, -0.2) is 4.98 Å². The number of oxime groups is 1. The average Bonchev–Trinajstić information content (AvgIpc) is 3.03. The van der Waals surface area contributed by atoms with Crippen molar-refractivity contribution in [1.29, 1.82) is 0 Å². The molecule has 25 heavy (non-hydrogen) atoms. The highest BCUT2D eigenvalue weighted by molar-refractivity contribution is 5.94. The molecule has 0 spiro atoms. The van der Waals surface area contributed by atoms with Gasteiger partial charge in [0.05, 0.1) is 12.0 Å². The quantitative estimate of drug-likeness (QED) is 0.824. The van der Waals surface area contributed by atoms with Crippen LogP contribution in [0, 0.1) is 17.8 Å². The number of aromatic nitrogens is 2. The Balaban J connectivity index is 1.36. The van der Waals surface area contributed by atoms with E-state index < -0.39 is 0 Å². The van der Waals surface area contributed by atoms with Crippen molar-refractivity contribution in [3.8, 4) is 0 Å². The normalized spacial score (nSPS) is 29.6. The van der Waals surface area contributed by atoms with Gasteiger partial charge in [-0.2, -0.15) is 0 Å². The van der Waals surface area contributed by atoms with Crippen molar-refractivity contribution >= 4 is 11.6 Å². The van der Waals surface area contributed by atoms with Crippen LogP contribution in [0.1, 0.15) is 63.5 Å². The van der Waals surface area contributed by atoms with Crippen molar-refractivity contribution in [3.05, 3.63) is 18.2 Å². The second-order valence-electron chi connectivity index (χ2n) is 8.35. The van der Waals surface area contributed by atoms with E-state index in [-0.39, 0.29) is 11.5 Å². The zero-order valence-electron chi connectivity index (χ0n) is 15.6. The molecule has 1 amide bonds. The minimum absolute atomic E-state index is 0.0700. The number of fused-ring (bicyclic) bond motifs is 1. The number of carbonyl (C=O) groups is 1. The third kappa shape index (κ3) is 2.85. The van der Waals surface area contributed by atoms with E-state index in [4.69, 9.17) is 4.84 Å². The van der Waals surface area contributed by atoms with Crippen LogP contribution in [0.3, 0.4) is 0 Å². The molecule has 2 atom stereocenters. The Bertz CT molecular complexity index is 692. The highest BCUT2D eigenvalue weighted by Crippen LogP contribution is 2.54. The molecule has 0 bridgehead atoms. The summed E-state index contributed by atoms with van der Waals surface area (Å²) in [5.74, 6) is 1.70. The van der Waals surface area contributed by atoms with Crippen LogP contribution in [-0.2, 0) is 4.84 Å². The fourth-order valence-electron chi connectivity index (χ4n) is 4.57. The molecule has 1 aliphatic carbocycles. The number of piperidine rings is 1. The lowest BCUT2D eigenvalue weighted by Crippen LogP contribution is -2.33. The Morgan fingerprint density at radius 2 is 2.00 bits per heavy atom. The van der Waals surface area contributed by atoms with Gasteiger partial charge in [-0.15, -0.1) is 0 Å². The van der Waals surface area contributed by atoms with E-state index in [9.17, 15) is 4.79 Å². The molecule has 6 heteroatoms. The van der Waals surface area contributed by atoms with Crippen molar-refractivity contribution in [2.75, 3.05) is 13.1 Å². The molecule has 1 saturated carbocycles. The van der Waals surface area contributed by atoms with E-state index in [1.54, 1.807) is 6.33 Å². The highest BCUT2D eigenvalue weighted by atomic mass is 16.7. The van der Waals surface area contributed by atoms with Gasteiger partial charge in [-0.1, -0.05) is 19.0 Å². The molecule has 1 aromatic rings. The maximum absolute atomic E-state index is 12.8. The molecular weight excluding hydrogens is 316 g/mol. The van der Waals surface area contributed by atoms with Gasteiger partial charge in [0.15, 0.2) is 0 Å². The number of nitrogens with zero attached hydrogens (tertiary/aromatic N) is 4. The first-order valence-electron chi connectivity index (χ1n) is 9.51. The molecule has 1 aromatic heterocycles. The van der Waals surface area contributed by atoms with Crippen LogP contribution >= 0.6 is 0 Å². The van der Waals surface area contributed by atoms with Crippen molar-refractivity contribution < 1.29 is 9.63 Å². The smallest absolute Gasteiger partial charge is 0.274 e. The SMILES string of the molecule is CCC(CC)n1cnc(C(=O)N2CC3C(C2)C3C2=NOC(C)(C)C2)c1. The average molecular weight is 344 g/mol. The van der Waals surface area contributed by atoms with Crippen molar-refractivity contribution in [1.82, 2.24) is 14.5 Å². The van der Waals surface area contributed by atoms with Crippen LogP contribution in [0.25, 0.3) is 0 Å². The second kappa shape index (κ2) is 5.85.